The van der Waals surface area contributed by atoms with Crippen molar-refractivity contribution in [2.75, 3.05) is 19.7 Å². The summed E-state index contributed by atoms with van der Waals surface area (Å²) in [6, 6.07) is 0. The number of ether oxygens (including phenoxy) is 1. The number of Topliss-reactive ketones (excluding diaryl/α,β-unsaturated/α-hetero) is 1. The van der Waals surface area contributed by atoms with Gasteiger partial charge in [0.1, 0.15) is 5.76 Å². The molecular formula is C20H25NO6. The topological polar surface area (TPSA) is 97.1 Å². The number of ketones is 1. The summed E-state index contributed by atoms with van der Waals surface area (Å²) in [5.41, 5.74) is 1.26. The van der Waals surface area contributed by atoms with Crippen LogP contribution in [-0.4, -0.2) is 53.5 Å². The van der Waals surface area contributed by atoms with E-state index in [0.29, 0.717) is 55.8 Å². The van der Waals surface area contributed by atoms with E-state index in [1.165, 1.54) is 0 Å². The van der Waals surface area contributed by atoms with Crippen molar-refractivity contribution in [3.05, 3.63) is 22.6 Å². The van der Waals surface area contributed by atoms with E-state index in [9.17, 15) is 19.5 Å². The average Bonchev–Trinajstić information content (AvgIpc) is 3.27. The molecule has 0 radical (unpaired) electrons. The molecule has 0 spiro atoms. The second-order valence-corrected chi connectivity index (χ2v) is 7.83. The average molecular weight is 375 g/mol. The number of hydrogen-bond donors (Lipinski definition) is 1. The predicted octanol–water partition coefficient (Wildman–Crippen LogP) is 2.45. The Labute approximate surface area is 157 Å². The second-order valence-electron chi connectivity index (χ2n) is 7.83. The largest absolute Gasteiger partial charge is 0.481 e. The van der Waals surface area contributed by atoms with Crippen LogP contribution < -0.4 is 0 Å². The first-order valence-electron chi connectivity index (χ1n) is 9.76. The molecule has 1 amide bonds. The number of aliphatic carboxylic acids is 1. The maximum atomic E-state index is 12.9. The normalized spacial score (nSPS) is 26.3. The summed E-state index contributed by atoms with van der Waals surface area (Å²) in [6.07, 6.45) is 3.73. The van der Waals surface area contributed by atoms with E-state index >= 15 is 0 Å². The van der Waals surface area contributed by atoms with E-state index in [0.717, 1.165) is 19.3 Å². The Balaban J connectivity index is 1.44. The molecule has 4 rings (SSSR count). The van der Waals surface area contributed by atoms with Gasteiger partial charge in [-0.2, -0.15) is 0 Å². The lowest BCUT2D eigenvalue weighted by atomic mass is 9.84. The molecule has 3 aliphatic rings. The van der Waals surface area contributed by atoms with Crippen LogP contribution in [0.15, 0.2) is 4.42 Å². The zero-order valence-corrected chi connectivity index (χ0v) is 15.5. The van der Waals surface area contributed by atoms with Crippen LogP contribution in [0.25, 0.3) is 0 Å². The third-order valence-corrected chi connectivity index (χ3v) is 6.24. The van der Waals surface area contributed by atoms with Gasteiger partial charge in [0.05, 0.1) is 17.6 Å². The molecule has 2 fully saturated rings. The molecule has 27 heavy (non-hydrogen) atoms. The van der Waals surface area contributed by atoms with Gasteiger partial charge in [-0.1, -0.05) is 0 Å². The minimum atomic E-state index is -0.794. The molecule has 1 unspecified atom stereocenters. The lowest BCUT2D eigenvalue weighted by molar-refractivity contribution is -0.145. The summed E-state index contributed by atoms with van der Waals surface area (Å²) in [7, 11) is 0. The van der Waals surface area contributed by atoms with E-state index in [-0.39, 0.29) is 29.5 Å². The smallest absolute Gasteiger partial charge is 0.309 e. The lowest BCUT2D eigenvalue weighted by Crippen LogP contribution is -2.43. The van der Waals surface area contributed by atoms with Gasteiger partial charge < -0.3 is 19.2 Å². The fraction of sp³-hybridized carbons (Fsp3) is 0.650. The van der Waals surface area contributed by atoms with Crippen molar-refractivity contribution in [2.24, 2.45) is 11.8 Å². The SMILES string of the molecule is Cc1c(C(=O)N2CCC([C@@H]3OCCC3C(=O)O)CC2)oc2c1C(=O)CCC2. The number of carbonyl (C=O) groups excluding carboxylic acids is 2. The lowest BCUT2D eigenvalue weighted by Gasteiger charge is -2.35. The van der Waals surface area contributed by atoms with Gasteiger partial charge in [0.25, 0.3) is 5.91 Å². The molecule has 0 aromatic carbocycles. The van der Waals surface area contributed by atoms with Crippen molar-refractivity contribution in [2.45, 2.75) is 51.6 Å². The van der Waals surface area contributed by atoms with Crippen molar-refractivity contribution in [3.8, 4) is 0 Å². The molecule has 2 saturated heterocycles. The molecule has 1 aromatic heterocycles. The van der Waals surface area contributed by atoms with E-state index in [1.807, 2.05) is 0 Å². The number of nitrogens with zero attached hydrogens (tertiary/aromatic N) is 1. The minimum Gasteiger partial charge on any atom is -0.481 e. The molecule has 2 aliphatic heterocycles. The maximum absolute atomic E-state index is 12.9. The fourth-order valence-electron chi connectivity index (χ4n) is 4.77. The molecule has 3 heterocycles. The Hall–Kier alpha value is -2.15. The number of carbonyl (C=O) groups is 3. The number of furan rings is 1. The van der Waals surface area contributed by atoms with E-state index in [4.69, 9.17) is 9.15 Å². The first kappa shape index (κ1) is 18.2. The second kappa shape index (κ2) is 7.11. The number of fused-ring (bicyclic) bond motifs is 1. The summed E-state index contributed by atoms with van der Waals surface area (Å²) in [6.45, 7) is 3.38. The number of likely N-dealkylation sites (tertiary alicyclic amines) is 1. The fourth-order valence-corrected chi connectivity index (χ4v) is 4.77. The molecule has 2 atom stereocenters. The molecular weight excluding hydrogens is 350 g/mol. The van der Waals surface area contributed by atoms with Gasteiger partial charge in [-0.05, 0) is 38.5 Å². The summed E-state index contributed by atoms with van der Waals surface area (Å²) in [5, 5.41) is 9.35. The van der Waals surface area contributed by atoms with Crippen LogP contribution in [-0.2, 0) is 16.0 Å². The number of rotatable bonds is 3. The molecule has 7 nitrogen and oxygen atoms in total. The Morgan fingerprint density at radius 2 is 1.89 bits per heavy atom. The molecule has 1 N–H and O–H groups in total. The van der Waals surface area contributed by atoms with Crippen LogP contribution in [0, 0.1) is 18.8 Å². The molecule has 0 bridgehead atoms. The van der Waals surface area contributed by atoms with Gasteiger partial charge in [-0.25, -0.2) is 0 Å². The van der Waals surface area contributed by atoms with Gasteiger partial charge in [0.2, 0.25) is 0 Å². The van der Waals surface area contributed by atoms with Crippen molar-refractivity contribution in [3.63, 3.8) is 0 Å². The van der Waals surface area contributed by atoms with Gasteiger partial charge >= 0.3 is 5.97 Å². The number of aryl methyl sites for hydroxylation is 1. The van der Waals surface area contributed by atoms with Crippen LogP contribution >= 0.6 is 0 Å². The third-order valence-electron chi connectivity index (χ3n) is 6.24. The predicted molar refractivity (Wildman–Crippen MR) is 94.8 cm³/mol. The molecule has 0 saturated carbocycles. The summed E-state index contributed by atoms with van der Waals surface area (Å²) < 4.78 is 11.5. The first-order chi connectivity index (χ1) is 13.0. The highest BCUT2D eigenvalue weighted by molar-refractivity contribution is 6.03. The van der Waals surface area contributed by atoms with Crippen LogP contribution in [0.1, 0.15) is 64.3 Å². The van der Waals surface area contributed by atoms with Crippen LogP contribution in [0.3, 0.4) is 0 Å². The Bertz CT molecular complexity index is 774. The highest BCUT2D eigenvalue weighted by atomic mass is 16.5. The van der Waals surface area contributed by atoms with E-state index in [1.54, 1.807) is 11.8 Å². The standard InChI is InChI=1S/C20H25NO6/c1-11-16-14(22)3-2-4-15(16)27-17(11)19(23)21-8-5-12(6-9-21)18-13(20(24)25)7-10-26-18/h12-13,18H,2-10H2,1H3,(H,24,25)/t13?,18-/m0/s1. The zero-order valence-electron chi connectivity index (χ0n) is 15.5. The van der Waals surface area contributed by atoms with Crippen molar-refractivity contribution in [1.29, 1.82) is 0 Å². The number of amides is 1. The Kier molecular flexibility index (Phi) is 4.80. The number of carboxylic acids is 1. The quantitative estimate of drug-likeness (QED) is 0.872. The van der Waals surface area contributed by atoms with Crippen LogP contribution in [0.4, 0.5) is 0 Å². The van der Waals surface area contributed by atoms with Gasteiger partial charge in [-0.15, -0.1) is 0 Å². The Morgan fingerprint density at radius 1 is 1.15 bits per heavy atom. The first-order valence-corrected chi connectivity index (χ1v) is 9.76. The molecule has 146 valence electrons. The Morgan fingerprint density at radius 3 is 2.56 bits per heavy atom. The zero-order chi connectivity index (χ0) is 19.1. The third kappa shape index (κ3) is 3.18. The molecule has 1 aliphatic carbocycles. The number of hydrogen-bond acceptors (Lipinski definition) is 5. The number of carboxylic acid groups (broad SMARTS) is 1. The minimum absolute atomic E-state index is 0.0633. The highest BCUT2D eigenvalue weighted by Gasteiger charge is 2.41. The van der Waals surface area contributed by atoms with Gasteiger partial charge in [0.15, 0.2) is 11.5 Å². The highest BCUT2D eigenvalue weighted by Crippen LogP contribution is 2.35. The molecule has 7 heteroatoms. The van der Waals surface area contributed by atoms with Crippen LogP contribution in [0.2, 0.25) is 0 Å². The molecule has 1 aromatic rings. The van der Waals surface area contributed by atoms with Crippen LogP contribution in [0.5, 0.6) is 0 Å². The monoisotopic (exact) mass is 375 g/mol. The summed E-state index contributed by atoms with van der Waals surface area (Å²) >= 11 is 0. The van der Waals surface area contributed by atoms with E-state index < -0.39 is 11.9 Å². The van der Waals surface area contributed by atoms with Gasteiger partial charge in [-0.3, -0.25) is 14.4 Å². The van der Waals surface area contributed by atoms with Crippen molar-refractivity contribution in [1.82, 2.24) is 4.90 Å². The number of piperidine rings is 1. The van der Waals surface area contributed by atoms with E-state index in [2.05, 4.69) is 0 Å². The van der Waals surface area contributed by atoms with Gasteiger partial charge in [0, 0.05) is 38.1 Å². The van der Waals surface area contributed by atoms with Crippen molar-refractivity contribution >= 4 is 17.7 Å². The summed E-state index contributed by atoms with van der Waals surface area (Å²) in [4.78, 5) is 38.2. The maximum Gasteiger partial charge on any atom is 0.309 e. The van der Waals surface area contributed by atoms with Crippen molar-refractivity contribution < 1.29 is 28.6 Å². The summed E-state index contributed by atoms with van der Waals surface area (Å²) in [5.74, 6) is -0.256.